The van der Waals surface area contributed by atoms with Crippen molar-refractivity contribution < 1.29 is 4.79 Å². The fourth-order valence-corrected chi connectivity index (χ4v) is 0.883. The first kappa shape index (κ1) is 9.26. The first-order valence-corrected chi connectivity index (χ1v) is 3.86. The van der Waals surface area contributed by atoms with Crippen molar-refractivity contribution in [1.82, 2.24) is 14.5 Å². The number of nitrogens with zero attached hydrogens (tertiary/aromatic N) is 4. The first-order chi connectivity index (χ1) is 6.25. The van der Waals surface area contributed by atoms with Crippen molar-refractivity contribution in [3.05, 3.63) is 18.7 Å². The SMILES string of the molecule is CN(CCC#N)C(=O)n1ccnc1. The molecule has 1 heterocycles. The number of aromatic nitrogens is 2. The monoisotopic (exact) mass is 178 g/mol. The highest BCUT2D eigenvalue weighted by Crippen LogP contribution is 1.94. The van der Waals surface area contributed by atoms with E-state index in [0.717, 1.165) is 0 Å². The summed E-state index contributed by atoms with van der Waals surface area (Å²) in [5, 5.41) is 8.32. The summed E-state index contributed by atoms with van der Waals surface area (Å²) in [6, 6.07) is 1.81. The molecule has 0 fully saturated rings. The van der Waals surface area contributed by atoms with Gasteiger partial charge in [-0.25, -0.2) is 9.78 Å². The standard InChI is InChI=1S/C8H10N4O/c1-11(5-2-3-9)8(13)12-6-4-10-7-12/h4,6-7H,2,5H2,1H3. The fourth-order valence-electron chi connectivity index (χ4n) is 0.883. The minimum absolute atomic E-state index is 0.173. The summed E-state index contributed by atoms with van der Waals surface area (Å²) in [6.07, 6.45) is 4.89. The van der Waals surface area contributed by atoms with E-state index in [4.69, 9.17) is 5.26 Å². The van der Waals surface area contributed by atoms with Gasteiger partial charge in [-0.3, -0.25) is 4.57 Å². The van der Waals surface area contributed by atoms with Gasteiger partial charge in [0.15, 0.2) is 0 Å². The van der Waals surface area contributed by atoms with Gasteiger partial charge >= 0.3 is 6.03 Å². The lowest BCUT2D eigenvalue weighted by molar-refractivity contribution is 0.211. The lowest BCUT2D eigenvalue weighted by Gasteiger charge is -2.14. The Bertz CT molecular complexity index is 311. The molecule has 0 aliphatic carbocycles. The Morgan fingerprint density at radius 1 is 1.77 bits per heavy atom. The topological polar surface area (TPSA) is 61.9 Å². The summed E-state index contributed by atoms with van der Waals surface area (Å²) in [5.41, 5.74) is 0. The first-order valence-electron chi connectivity index (χ1n) is 3.86. The van der Waals surface area contributed by atoms with Crippen molar-refractivity contribution in [2.75, 3.05) is 13.6 Å². The summed E-state index contributed by atoms with van der Waals surface area (Å²) >= 11 is 0. The van der Waals surface area contributed by atoms with E-state index >= 15 is 0 Å². The lowest BCUT2D eigenvalue weighted by atomic mass is 10.4. The van der Waals surface area contributed by atoms with E-state index < -0.39 is 0 Å². The second-order valence-corrected chi connectivity index (χ2v) is 2.58. The van der Waals surface area contributed by atoms with Crippen LogP contribution < -0.4 is 0 Å². The third kappa shape index (κ3) is 2.30. The number of rotatable bonds is 2. The normalized spacial score (nSPS) is 9.23. The highest BCUT2D eigenvalue weighted by Gasteiger charge is 2.08. The van der Waals surface area contributed by atoms with Gasteiger partial charge < -0.3 is 4.90 Å². The van der Waals surface area contributed by atoms with Crippen LogP contribution in [-0.2, 0) is 0 Å². The maximum atomic E-state index is 11.5. The number of nitriles is 1. The largest absolute Gasteiger partial charge is 0.329 e. The molecule has 1 aromatic heterocycles. The van der Waals surface area contributed by atoms with Crippen LogP contribution in [0.25, 0.3) is 0 Å². The molecule has 0 saturated carbocycles. The van der Waals surface area contributed by atoms with Gasteiger partial charge in [0.1, 0.15) is 6.33 Å². The molecule has 0 aromatic carbocycles. The molecular formula is C8H10N4O. The van der Waals surface area contributed by atoms with Crippen molar-refractivity contribution in [1.29, 1.82) is 5.26 Å². The highest BCUT2D eigenvalue weighted by molar-refractivity contribution is 5.76. The summed E-state index contributed by atoms with van der Waals surface area (Å²) in [5.74, 6) is 0. The van der Waals surface area contributed by atoms with Crippen LogP contribution in [0.1, 0.15) is 6.42 Å². The maximum Gasteiger partial charge on any atom is 0.329 e. The van der Waals surface area contributed by atoms with E-state index in [-0.39, 0.29) is 6.03 Å². The molecule has 5 nitrogen and oxygen atoms in total. The minimum Gasteiger partial charge on any atom is -0.326 e. The summed E-state index contributed by atoms with van der Waals surface area (Å²) in [6.45, 7) is 0.438. The quantitative estimate of drug-likeness (QED) is 0.669. The van der Waals surface area contributed by atoms with Crippen LogP contribution in [0.5, 0.6) is 0 Å². The average Bonchev–Trinajstić information content (AvgIpc) is 2.65. The van der Waals surface area contributed by atoms with Gasteiger partial charge in [-0.05, 0) is 0 Å². The highest BCUT2D eigenvalue weighted by atomic mass is 16.2. The molecule has 1 rings (SSSR count). The third-order valence-electron chi connectivity index (χ3n) is 1.61. The zero-order valence-corrected chi connectivity index (χ0v) is 7.34. The minimum atomic E-state index is -0.173. The second kappa shape index (κ2) is 4.26. The van der Waals surface area contributed by atoms with Crippen LogP contribution in [0.3, 0.4) is 0 Å². The van der Waals surface area contributed by atoms with E-state index in [0.29, 0.717) is 13.0 Å². The van der Waals surface area contributed by atoms with Gasteiger partial charge in [0, 0.05) is 26.0 Å². The predicted octanol–water partition coefficient (Wildman–Crippen LogP) is 0.697. The van der Waals surface area contributed by atoms with Gasteiger partial charge in [0.05, 0.1) is 12.5 Å². The molecule has 0 atom stereocenters. The molecule has 0 unspecified atom stereocenters. The Morgan fingerprint density at radius 2 is 2.54 bits per heavy atom. The Labute approximate surface area is 76.2 Å². The van der Waals surface area contributed by atoms with Gasteiger partial charge in [-0.15, -0.1) is 0 Å². The molecular weight excluding hydrogens is 168 g/mol. The molecule has 68 valence electrons. The molecule has 0 saturated heterocycles. The summed E-state index contributed by atoms with van der Waals surface area (Å²) in [7, 11) is 1.65. The third-order valence-corrected chi connectivity index (χ3v) is 1.61. The molecule has 5 heteroatoms. The Kier molecular flexibility index (Phi) is 3.03. The molecule has 0 aliphatic heterocycles. The van der Waals surface area contributed by atoms with E-state index in [2.05, 4.69) is 4.98 Å². The van der Waals surface area contributed by atoms with Gasteiger partial charge in [0.25, 0.3) is 0 Å². The Hall–Kier alpha value is -1.83. The van der Waals surface area contributed by atoms with Crippen LogP contribution in [0.2, 0.25) is 0 Å². The molecule has 0 spiro atoms. The smallest absolute Gasteiger partial charge is 0.326 e. The van der Waals surface area contributed by atoms with Crippen LogP contribution in [0.4, 0.5) is 4.79 Å². The van der Waals surface area contributed by atoms with Crippen LogP contribution >= 0.6 is 0 Å². The number of carbonyl (C=O) groups is 1. The zero-order valence-electron chi connectivity index (χ0n) is 7.34. The van der Waals surface area contributed by atoms with Gasteiger partial charge in [-0.1, -0.05) is 0 Å². The zero-order chi connectivity index (χ0) is 9.68. The van der Waals surface area contributed by atoms with Crippen LogP contribution in [0, 0.1) is 11.3 Å². The van der Waals surface area contributed by atoms with Gasteiger partial charge in [0.2, 0.25) is 0 Å². The fraction of sp³-hybridized carbons (Fsp3) is 0.375. The second-order valence-electron chi connectivity index (χ2n) is 2.58. The molecule has 1 aromatic rings. The Morgan fingerprint density at radius 3 is 3.08 bits per heavy atom. The van der Waals surface area contributed by atoms with Crippen molar-refractivity contribution in [2.24, 2.45) is 0 Å². The number of hydrogen-bond acceptors (Lipinski definition) is 3. The number of hydrogen-bond donors (Lipinski definition) is 0. The van der Waals surface area contributed by atoms with E-state index in [1.54, 1.807) is 13.2 Å². The Balaban J connectivity index is 2.54. The van der Waals surface area contributed by atoms with E-state index in [1.807, 2.05) is 6.07 Å². The van der Waals surface area contributed by atoms with Crippen molar-refractivity contribution in [3.8, 4) is 6.07 Å². The average molecular weight is 178 g/mol. The molecule has 1 amide bonds. The lowest BCUT2D eigenvalue weighted by Crippen LogP contribution is -2.30. The van der Waals surface area contributed by atoms with Crippen LogP contribution in [0.15, 0.2) is 18.7 Å². The summed E-state index contributed by atoms with van der Waals surface area (Å²) < 4.78 is 1.37. The molecule has 0 aliphatic rings. The maximum absolute atomic E-state index is 11.5. The number of amides is 1. The van der Waals surface area contributed by atoms with Crippen LogP contribution in [-0.4, -0.2) is 34.1 Å². The van der Waals surface area contributed by atoms with Crippen molar-refractivity contribution >= 4 is 6.03 Å². The molecule has 13 heavy (non-hydrogen) atoms. The number of carbonyl (C=O) groups excluding carboxylic acids is 1. The predicted molar refractivity (Wildman–Crippen MR) is 45.9 cm³/mol. The molecule has 0 N–H and O–H groups in total. The van der Waals surface area contributed by atoms with E-state index in [9.17, 15) is 4.79 Å². The van der Waals surface area contributed by atoms with Crippen molar-refractivity contribution in [3.63, 3.8) is 0 Å². The summed E-state index contributed by atoms with van der Waals surface area (Å²) in [4.78, 5) is 16.7. The number of imidazole rings is 1. The molecule has 0 bridgehead atoms. The van der Waals surface area contributed by atoms with Gasteiger partial charge in [-0.2, -0.15) is 5.26 Å². The molecule has 0 radical (unpaired) electrons. The van der Waals surface area contributed by atoms with E-state index in [1.165, 1.54) is 22.0 Å². The van der Waals surface area contributed by atoms with Crippen molar-refractivity contribution in [2.45, 2.75) is 6.42 Å².